The topological polar surface area (TPSA) is 9.23 Å². The van der Waals surface area contributed by atoms with Gasteiger partial charge in [0.05, 0.1) is 6.61 Å². The van der Waals surface area contributed by atoms with Crippen LogP contribution in [0.2, 0.25) is 0 Å². The van der Waals surface area contributed by atoms with E-state index in [-0.39, 0.29) is 22.8 Å². The number of halogens is 4. The summed E-state index contributed by atoms with van der Waals surface area (Å²) >= 11 is 0. The molecule has 37 heavy (non-hydrogen) atoms. The zero-order chi connectivity index (χ0) is 26.4. The molecular weight excluding hydrogens is 476 g/mol. The first kappa shape index (κ1) is 27.0. The minimum absolute atomic E-state index is 0.0469. The zero-order valence-electron chi connectivity index (χ0n) is 21.6. The van der Waals surface area contributed by atoms with Crippen LogP contribution >= 0.6 is 0 Å². The van der Waals surface area contributed by atoms with Gasteiger partial charge in [-0.25, -0.2) is 13.2 Å². The van der Waals surface area contributed by atoms with Crippen LogP contribution in [0.3, 0.4) is 0 Å². The molecule has 1 aliphatic carbocycles. The largest absolute Gasteiger partial charge is 0.490 e. The van der Waals surface area contributed by atoms with E-state index in [1.54, 1.807) is 30.3 Å². The van der Waals surface area contributed by atoms with E-state index in [9.17, 15) is 17.6 Å². The maximum absolute atomic E-state index is 14.8. The highest BCUT2D eigenvalue weighted by Gasteiger charge is 2.22. The van der Waals surface area contributed by atoms with Gasteiger partial charge in [0.15, 0.2) is 23.2 Å². The second-order valence-corrected chi connectivity index (χ2v) is 9.97. The molecule has 1 unspecified atom stereocenters. The molecule has 0 bridgehead atoms. The molecule has 3 aromatic rings. The van der Waals surface area contributed by atoms with Gasteiger partial charge in [0.25, 0.3) is 0 Å². The fraction of sp³-hybridized carbons (Fsp3) is 0.375. The van der Waals surface area contributed by atoms with Crippen LogP contribution in [0.25, 0.3) is 16.7 Å². The fourth-order valence-corrected chi connectivity index (χ4v) is 4.92. The third-order valence-electron chi connectivity index (χ3n) is 7.26. The van der Waals surface area contributed by atoms with Crippen LogP contribution in [-0.4, -0.2) is 6.61 Å². The Morgan fingerprint density at radius 2 is 1.54 bits per heavy atom. The van der Waals surface area contributed by atoms with Gasteiger partial charge in [-0.3, -0.25) is 0 Å². The molecule has 5 heteroatoms. The van der Waals surface area contributed by atoms with Crippen molar-refractivity contribution in [1.29, 1.82) is 0 Å². The lowest BCUT2D eigenvalue weighted by molar-refractivity contribution is 0.286. The van der Waals surface area contributed by atoms with E-state index in [2.05, 4.69) is 6.92 Å². The Balaban J connectivity index is 1.36. The normalized spacial score (nSPS) is 15.5. The van der Waals surface area contributed by atoms with Crippen LogP contribution in [0.5, 0.6) is 5.75 Å². The molecule has 196 valence electrons. The monoisotopic (exact) mass is 510 g/mol. The number of hydrogen-bond donors (Lipinski definition) is 0. The standard InChI is InChI=1S/C32H34F4O/c1-3-4-5-20-37-28-19-18-27(31(35)32(28)36)24-13-8-22(9-14-24)10-15-25-16-17-26(30(34)29(25)33)23-11-6-21(2)7-12-23/h6-7,11-13,16-19,22H,3-5,8-10,14-15,20H2,1-2H3. The van der Waals surface area contributed by atoms with E-state index >= 15 is 0 Å². The molecule has 0 radical (unpaired) electrons. The first-order chi connectivity index (χ1) is 17.9. The number of allylic oxidation sites excluding steroid dienone is 2. The molecule has 3 aromatic carbocycles. The van der Waals surface area contributed by atoms with Crippen molar-refractivity contribution in [1.82, 2.24) is 0 Å². The zero-order valence-corrected chi connectivity index (χ0v) is 21.6. The number of hydrogen-bond acceptors (Lipinski definition) is 1. The molecule has 1 nitrogen and oxygen atoms in total. The fourth-order valence-electron chi connectivity index (χ4n) is 4.92. The van der Waals surface area contributed by atoms with Crippen molar-refractivity contribution in [3.63, 3.8) is 0 Å². The van der Waals surface area contributed by atoms with Gasteiger partial charge >= 0.3 is 0 Å². The quantitative estimate of drug-likeness (QED) is 0.195. The van der Waals surface area contributed by atoms with Gasteiger partial charge < -0.3 is 4.74 Å². The molecule has 0 amide bonds. The molecule has 4 rings (SSSR count). The molecule has 0 saturated heterocycles. The summed E-state index contributed by atoms with van der Waals surface area (Å²) in [4.78, 5) is 0. The van der Waals surface area contributed by atoms with E-state index in [1.807, 2.05) is 25.1 Å². The van der Waals surface area contributed by atoms with Crippen LogP contribution in [0.4, 0.5) is 17.6 Å². The summed E-state index contributed by atoms with van der Waals surface area (Å²) in [6.07, 6.45) is 7.98. The van der Waals surface area contributed by atoms with Gasteiger partial charge in [-0.2, -0.15) is 4.39 Å². The van der Waals surface area contributed by atoms with Crippen LogP contribution in [0.15, 0.2) is 54.6 Å². The highest BCUT2D eigenvalue weighted by atomic mass is 19.2. The van der Waals surface area contributed by atoms with Gasteiger partial charge in [0.2, 0.25) is 5.82 Å². The van der Waals surface area contributed by atoms with Gasteiger partial charge in [0, 0.05) is 11.1 Å². The third kappa shape index (κ3) is 6.44. The molecule has 0 fully saturated rings. The van der Waals surface area contributed by atoms with E-state index < -0.39 is 23.3 Å². The van der Waals surface area contributed by atoms with Gasteiger partial charge in [-0.1, -0.05) is 67.8 Å². The first-order valence-electron chi connectivity index (χ1n) is 13.2. The maximum Gasteiger partial charge on any atom is 0.201 e. The van der Waals surface area contributed by atoms with Crippen molar-refractivity contribution < 1.29 is 22.3 Å². The Hall–Kier alpha value is -3.08. The van der Waals surface area contributed by atoms with Crippen molar-refractivity contribution >= 4 is 5.57 Å². The second kappa shape index (κ2) is 12.4. The van der Waals surface area contributed by atoms with Crippen molar-refractivity contribution in [3.05, 3.63) is 94.6 Å². The molecule has 0 aromatic heterocycles. The lowest BCUT2D eigenvalue weighted by Gasteiger charge is -2.23. The van der Waals surface area contributed by atoms with Crippen LogP contribution in [-0.2, 0) is 6.42 Å². The average molecular weight is 511 g/mol. The molecule has 0 saturated carbocycles. The SMILES string of the molecule is CCCCCOc1ccc(C2=CCC(CCc3ccc(-c4ccc(C)cc4)c(F)c3F)CC2)c(F)c1F. The van der Waals surface area contributed by atoms with E-state index in [0.29, 0.717) is 43.4 Å². The molecule has 0 spiro atoms. The molecule has 0 heterocycles. The Morgan fingerprint density at radius 1 is 0.811 bits per heavy atom. The number of ether oxygens (including phenoxy) is 1. The molecule has 1 aliphatic rings. The Bertz CT molecular complexity index is 1250. The summed E-state index contributed by atoms with van der Waals surface area (Å²) in [5.74, 6) is -3.19. The summed E-state index contributed by atoms with van der Waals surface area (Å²) in [5.41, 5.74) is 3.39. The third-order valence-corrected chi connectivity index (χ3v) is 7.26. The van der Waals surface area contributed by atoms with Crippen LogP contribution < -0.4 is 4.74 Å². The van der Waals surface area contributed by atoms with Gasteiger partial charge in [-0.05, 0) is 80.2 Å². The number of aryl methyl sites for hydroxylation is 2. The lowest BCUT2D eigenvalue weighted by atomic mass is 9.83. The average Bonchev–Trinajstić information content (AvgIpc) is 2.91. The smallest absolute Gasteiger partial charge is 0.201 e. The molecule has 0 N–H and O–H groups in total. The predicted molar refractivity (Wildman–Crippen MR) is 142 cm³/mol. The summed E-state index contributed by atoms with van der Waals surface area (Å²) in [5, 5.41) is 0. The van der Waals surface area contributed by atoms with E-state index in [4.69, 9.17) is 4.74 Å². The minimum Gasteiger partial charge on any atom is -0.490 e. The Kier molecular flexibility index (Phi) is 9.07. The first-order valence-corrected chi connectivity index (χ1v) is 13.2. The summed E-state index contributed by atoms with van der Waals surface area (Å²) in [6.45, 7) is 4.38. The van der Waals surface area contributed by atoms with Crippen molar-refractivity contribution in [3.8, 4) is 16.9 Å². The van der Waals surface area contributed by atoms with E-state index in [0.717, 1.165) is 36.8 Å². The Morgan fingerprint density at radius 3 is 2.24 bits per heavy atom. The van der Waals surface area contributed by atoms with Crippen LogP contribution in [0.1, 0.15) is 68.6 Å². The minimum atomic E-state index is -0.941. The van der Waals surface area contributed by atoms with Crippen molar-refractivity contribution in [2.75, 3.05) is 6.61 Å². The Labute approximate surface area is 217 Å². The maximum atomic E-state index is 14.8. The molecule has 0 aliphatic heterocycles. The number of benzene rings is 3. The van der Waals surface area contributed by atoms with Crippen molar-refractivity contribution in [2.24, 2.45) is 5.92 Å². The molecule has 1 atom stereocenters. The van der Waals surface area contributed by atoms with Gasteiger partial charge in [-0.15, -0.1) is 0 Å². The summed E-state index contributed by atoms with van der Waals surface area (Å²) < 4.78 is 64.3. The van der Waals surface area contributed by atoms with Gasteiger partial charge in [0.1, 0.15) is 0 Å². The van der Waals surface area contributed by atoms with Crippen LogP contribution in [0, 0.1) is 36.1 Å². The van der Waals surface area contributed by atoms with E-state index in [1.165, 1.54) is 6.07 Å². The highest BCUT2D eigenvalue weighted by Crippen LogP contribution is 2.36. The highest BCUT2D eigenvalue weighted by molar-refractivity contribution is 5.68. The summed E-state index contributed by atoms with van der Waals surface area (Å²) in [6, 6.07) is 13.7. The number of unbranched alkanes of at least 4 members (excludes halogenated alkanes) is 2. The van der Waals surface area contributed by atoms with Crippen molar-refractivity contribution in [2.45, 2.75) is 65.2 Å². The molecular formula is C32H34F4O. The lowest BCUT2D eigenvalue weighted by Crippen LogP contribution is -2.09. The summed E-state index contributed by atoms with van der Waals surface area (Å²) in [7, 11) is 0. The number of rotatable bonds is 10. The second-order valence-electron chi connectivity index (χ2n) is 9.97. The predicted octanol–water partition coefficient (Wildman–Crippen LogP) is 9.60.